The Hall–Kier alpha value is -2.53. The van der Waals surface area contributed by atoms with Crippen LogP contribution in [0.5, 0.6) is 5.75 Å². The van der Waals surface area contributed by atoms with Crippen molar-refractivity contribution in [3.63, 3.8) is 0 Å². The third kappa shape index (κ3) is 5.26. The second-order valence-electron chi connectivity index (χ2n) is 8.69. The predicted octanol–water partition coefficient (Wildman–Crippen LogP) is 5.77. The molecule has 1 atom stereocenters. The number of benzene rings is 3. The molecule has 3 aromatic carbocycles. The second kappa shape index (κ2) is 10.4. The largest absolute Gasteiger partial charge is 0.508 e. The topological polar surface area (TPSA) is 38.7 Å². The lowest BCUT2D eigenvalue weighted by Gasteiger charge is -2.41. The number of para-hydroxylation sites is 1. The Morgan fingerprint density at radius 2 is 1.53 bits per heavy atom. The first kappa shape index (κ1) is 22.7. The Morgan fingerprint density at radius 3 is 2.22 bits per heavy atom. The molecular weight excluding hydrogens is 418 g/mol. The van der Waals surface area contributed by atoms with Gasteiger partial charge in [0.1, 0.15) is 5.75 Å². The van der Waals surface area contributed by atoms with Gasteiger partial charge in [-0.05, 0) is 49.2 Å². The third-order valence-corrected chi connectivity index (χ3v) is 6.56. The summed E-state index contributed by atoms with van der Waals surface area (Å²) in [7, 11) is 0. The first-order valence-electron chi connectivity index (χ1n) is 11.4. The maximum absolute atomic E-state index is 10.2. The Bertz CT molecular complexity index is 1020. The molecule has 1 heterocycles. The number of hydrogen-bond acceptors (Lipinski definition) is 4. The van der Waals surface area contributed by atoms with E-state index in [1.54, 1.807) is 6.07 Å². The van der Waals surface area contributed by atoms with E-state index in [0.717, 1.165) is 48.0 Å². The highest BCUT2D eigenvalue weighted by molar-refractivity contribution is 6.30. The zero-order valence-corrected chi connectivity index (χ0v) is 19.6. The number of piperazine rings is 1. The van der Waals surface area contributed by atoms with Crippen LogP contribution in [0.15, 0.2) is 72.8 Å². The van der Waals surface area contributed by atoms with Gasteiger partial charge in [0.05, 0.1) is 6.04 Å². The van der Waals surface area contributed by atoms with Gasteiger partial charge in [-0.3, -0.25) is 9.80 Å². The van der Waals surface area contributed by atoms with Gasteiger partial charge in [0.2, 0.25) is 0 Å². The van der Waals surface area contributed by atoms with Crippen LogP contribution in [-0.4, -0.2) is 47.1 Å². The van der Waals surface area contributed by atoms with Crippen molar-refractivity contribution < 1.29 is 5.11 Å². The summed E-state index contributed by atoms with van der Waals surface area (Å²) in [5.74, 6) is 0.305. The Labute approximate surface area is 196 Å². The van der Waals surface area contributed by atoms with Crippen molar-refractivity contribution in [2.24, 2.45) is 0 Å². The summed E-state index contributed by atoms with van der Waals surface area (Å²) in [6, 6.07) is 24.9. The number of rotatable bonds is 7. The van der Waals surface area contributed by atoms with Gasteiger partial charge >= 0.3 is 0 Å². The number of anilines is 1. The van der Waals surface area contributed by atoms with E-state index in [9.17, 15) is 5.11 Å². The fourth-order valence-electron chi connectivity index (χ4n) is 4.51. The van der Waals surface area contributed by atoms with Crippen LogP contribution < -0.4 is 5.32 Å². The molecular formula is C27H32ClN3O. The monoisotopic (exact) mass is 449 g/mol. The molecule has 32 heavy (non-hydrogen) atoms. The molecule has 0 amide bonds. The molecule has 5 heteroatoms. The predicted molar refractivity (Wildman–Crippen MR) is 133 cm³/mol. The van der Waals surface area contributed by atoms with Crippen molar-refractivity contribution in [1.82, 2.24) is 9.80 Å². The van der Waals surface area contributed by atoms with Crippen LogP contribution in [0.1, 0.15) is 36.6 Å². The number of halogens is 1. The first-order chi connectivity index (χ1) is 15.5. The molecule has 1 unspecified atom stereocenters. The lowest BCUT2D eigenvalue weighted by molar-refractivity contribution is 0.0894. The molecule has 1 aliphatic rings. The normalized spacial score (nSPS) is 16.2. The lowest BCUT2D eigenvalue weighted by atomic mass is 9.94. The summed E-state index contributed by atoms with van der Waals surface area (Å²) in [5, 5.41) is 14.5. The van der Waals surface area contributed by atoms with Gasteiger partial charge in [-0.15, -0.1) is 0 Å². The molecule has 0 saturated carbocycles. The maximum atomic E-state index is 10.2. The molecule has 0 aliphatic carbocycles. The van der Waals surface area contributed by atoms with Gasteiger partial charge in [-0.25, -0.2) is 0 Å². The van der Waals surface area contributed by atoms with Gasteiger partial charge in [0.25, 0.3) is 0 Å². The van der Waals surface area contributed by atoms with Gasteiger partial charge in [-0.1, -0.05) is 60.1 Å². The summed E-state index contributed by atoms with van der Waals surface area (Å²) in [4.78, 5) is 5.10. The lowest BCUT2D eigenvalue weighted by Crippen LogP contribution is -2.50. The van der Waals surface area contributed by atoms with Crippen molar-refractivity contribution in [2.45, 2.75) is 32.5 Å². The summed E-state index contributed by atoms with van der Waals surface area (Å²) in [5.41, 5.74) is 4.34. The molecule has 4 nitrogen and oxygen atoms in total. The van der Waals surface area contributed by atoms with E-state index < -0.39 is 0 Å². The average Bonchev–Trinajstić information content (AvgIpc) is 2.81. The summed E-state index contributed by atoms with van der Waals surface area (Å²) >= 11 is 6.50. The van der Waals surface area contributed by atoms with Crippen LogP contribution in [0.3, 0.4) is 0 Å². The molecule has 0 spiro atoms. The quantitative estimate of drug-likeness (QED) is 0.480. The van der Waals surface area contributed by atoms with Gasteiger partial charge in [0, 0.05) is 55.0 Å². The van der Waals surface area contributed by atoms with Crippen molar-refractivity contribution in [3.05, 3.63) is 94.5 Å². The number of nitrogens with zero attached hydrogens (tertiary/aromatic N) is 2. The Morgan fingerprint density at radius 1 is 0.875 bits per heavy atom. The third-order valence-electron chi connectivity index (χ3n) is 6.33. The van der Waals surface area contributed by atoms with E-state index in [4.69, 9.17) is 11.6 Å². The Kier molecular flexibility index (Phi) is 7.36. The van der Waals surface area contributed by atoms with Crippen molar-refractivity contribution in [2.75, 3.05) is 31.5 Å². The molecule has 0 bridgehead atoms. The van der Waals surface area contributed by atoms with Gasteiger partial charge in [0.15, 0.2) is 0 Å². The summed E-state index contributed by atoms with van der Waals surface area (Å²) < 4.78 is 0. The van der Waals surface area contributed by atoms with Crippen molar-refractivity contribution >= 4 is 17.3 Å². The minimum atomic E-state index is 0.107. The average molecular weight is 450 g/mol. The summed E-state index contributed by atoms with van der Waals surface area (Å²) in [6.45, 7) is 9.20. The zero-order chi connectivity index (χ0) is 22.5. The Balaban J connectivity index is 1.66. The van der Waals surface area contributed by atoms with Crippen LogP contribution in [0.4, 0.5) is 5.69 Å². The van der Waals surface area contributed by atoms with E-state index in [2.05, 4.69) is 71.4 Å². The number of nitrogens with one attached hydrogen (secondary N) is 1. The van der Waals surface area contributed by atoms with Gasteiger partial charge in [-0.2, -0.15) is 0 Å². The van der Waals surface area contributed by atoms with Crippen LogP contribution in [0.2, 0.25) is 5.02 Å². The molecule has 0 radical (unpaired) electrons. The minimum Gasteiger partial charge on any atom is -0.508 e. The second-order valence-corrected chi connectivity index (χ2v) is 9.13. The van der Waals surface area contributed by atoms with E-state index >= 15 is 0 Å². The molecule has 3 aromatic rings. The first-order valence-corrected chi connectivity index (χ1v) is 11.7. The number of phenolic OH excluding ortho intramolecular Hbond substituents is 1. The van der Waals surface area contributed by atoms with Crippen LogP contribution in [0.25, 0.3) is 0 Å². The SMILES string of the molecule is CC(C)N1CCN(C(c2ccccc2)c2cc(Cl)ccc2NCc2ccccc2O)CC1. The van der Waals surface area contributed by atoms with E-state index in [0.29, 0.717) is 18.3 Å². The molecule has 4 rings (SSSR count). The molecule has 1 fully saturated rings. The van der Waals surface area contributed by atoms with Crippen molar-refractivity contribution in [3.8, 4) is 5.75 Å². The van der Waals surface area contributed by atoms with E-state index in [1.165, 1.54) is 5.56 Å². The van der Waals surface area contributed by atoms with E-state index in [-0.39, 0.29) is 6.04 Å². The van der Waals surface area contributed by atoms with Crippen molar-refractivity contribution in [1.29, 1.82) is 0 Å². The highest BCUT2D eigenvalue weighted by Crippen LogP contribution is 2.36. The summed E-state index contributed by atoms with van der Waals surface area (Å²) in [6.07, 6.45) is 0. The standard InChI is InChI=1S/C27H32ClN3O/c1-20(2)30-14-16-31(17-15-30)27(21-8-4-3-5-9-21)24-18-23(28)12-13-25(24)29-19-22-10-6-7-11-26(22)32/h3-13,18,20,27,29,32H,14-17,19H2,1-2H3. The zero-order valence-electron chi connectivity index (χ0n) is 18.8. The molecule has 168 valence electrons. The molecule has 1 aliphatic heterocycles. The smallest absolute Gasteiger partial charge is 0.120 e. The minimum absolute atomic E-state index is 0.107. The highest BCUT2D eigenvalue weighted by atomic mass is 35.5. The number of phenols is 1. The fraction of sp³-hybridized carbons (Fsp3) is 0.333. The molecule has 0 aromatic heterocycles. The van der Waals surface area contributed by atoms with Gasteiger partial charge < -0.3 is 10.4 Å². The fourth-order valence-corrected chi connectivity index (χ4v) is 4.69. The molecule has 2 N–H and O–H groups in total. The number of hydrogen-bond donors (Lipinski definition) is 2. The van der Waals surface area contributed by atoms with Crippen LogP contribution in [0, 0.1) is 0 Å². The van der Waals surface area contributed by atoms with E-state index in [1.807, 2.05) is 24.3 Å². The van der Waals surface area contributed by atoms with Crippen LogP contribution in [-0.2, 0) is 6.54 Å². The number of aromatic hydroxyl groups is 1. The molecule has 1 saturated heterocycles. The van der Waals surface area contributed by atoms with Crippen LogP contribution >= 0.6 is 11.6 Å². The maximum Gasteiger partial charge on any atom is 0.120 e. The highest BCUT2D eigenvalue weighted by Gasteiger charge is 2.29.